The Balaban J connectivity index is 2.82. The molecule has 1 heterocycles. The number of carbonyl (C=O) groups excluding carboxylic acids is 2. The van der Waals surface area contributed by atoms with Gasteiger partial charge >= 0.3 is 5.97 Å². The molecule has 1 amide bonds. The maximum atomic E-state index is 13.3. The smallest absolute Gasteiger partial charge is 0.306 e. The van der Waals surface area contributed by atoms with Crippen LogP contribution in [0.3, 0.4) is 0 Å². The molecular formula is C55H95NO10. The maximum Gasteiger partial charge on any atom is 0.306 e. The highest BCUT2D eigenvalue weighted by molar-refractivity contribution is 5.80. The number of allylic oxidation sites excluding steroid dienone is 11. The number of hydrogen-bond acceptors (Lipinski definition) is 10. The van der Waals surface area contributed by atoms with E-state index in [1.54, 1.807) is 6.08 Å². The van der Waals surface area contributed by atoms with Gasteiger partial charge in [-0.3, -0.25) is 9.59 Å². The van der Waals surface area contributed by atoms with Gasteiger partial charge in [-0.1, -0.05) is 229 Å². The number of amides is 1. The van der Waals surface area contributed by atoms with Crippen LogP contribution >= 0.6 is 0 Å². The first-order valence-corrected chi connectivity index (χ1v) is 26.3. The van der Waals surface area contributed by atoms with Crippen molar-refractivity contribution in [2.45, 2.75) is 250 Å². The predicted molar refractivity (Wildman–Crippen MR) is 269 cm³/mol. The quantitative estimate of drug-likeness (QED) is 0.0150. The molecule has 0 saturated carbocycles. The number of ether oxygens (including phenoxy) is 3. The van der Waals surface area contributed by atoms with Crippen molar-refractivity contribution < 1.29 is 49.3 Å². The van der Waals surface area contributed by atoms with Gasteiger partial charge in [0.25, 0.3) is 0 Å². The number of aliphatic hydroxyl groups excluding tert-OH is 5. The summed E-state index contributed by atoms with van der Waals surface area (Å²) >= 11 is 0. The highest BCUT2D eigenvalue weighted by Crippen LogP contribution is 2.26. The molecule has 1 rings (SSSR count). The van der Waals surface area contributed by atoms with Crippen LogP contribution in [0.15, 0.2) is 72.9 Å². The Bertz CT molecular complexity index is 1340. The standard InChI is InChI=1S/C55H95NO10/c1-4-7-10-13-16-19-22-24-25-28-31-34-37-40-43-50(60)66-53-52(62)51(61)49(44-57)65-55(53)64-45-46(47(58)41-38-35-32-29-26-21-18-15-12-9-6-3)56-54(63)48(59)42-39-36-33-30-27-23-20-17-14-11-8-5-2/h8,11,14,17,20,23,27,30,33,36,38,41,46-49,51-53,55,57-59,61-62H,4-7,9-10,12-13,15-16,18-19,21-22,24-26,28-29,31-32,34-35,37,39-40,42-45H2,1-3H3,(H,56,63)/b11-8+,17-14+,23-20-,30-27-,36-33+,41-38+. The van der Waals surface area contributed by atoms with Gasteiger partial charge in [0.05, 0.1) is 25.4 Å². The van der Waals surface area contributed by atoms with Crippen molar-refractivity contribution in [3.8, 4) is 0 Å². The van der Waals surface area contributed by atoms with Crippen LogP contribution < -0.4 is 5.32 Å². The molecule has 0 spiro atoms. The first-order chi connectivity index (χ1) is 32.2. The van der Waals surface area contributed by atoms with Gasteiger partial charge in [0.15, 0.2) is 12.4 Å². The van der Waals surface area contributed by atoms with E-state index in [9.17, 15) is 35.1 Å². The van der Waals surface area contributed by atoms with Crippen molar-refractivity contribution in [2.75, 3.05) is 13.2 Å². The summed E-state index contributed by atoms with van der Waals surface area (Å²) in [6.45, 7) is 5.55. The van der Waals surface area contributed by atoms with Crippen molar-refractivity contribution in [2.24, 2.45) is 0 Å². The van der Waals surface area contributed by atoms with Gasteiger partial charge in [-0.2, -0.15) is 0 Å². The van der Waals surface area contributed by atoms with Crippen LogP contribution in [0.1, 0.15) is 201 Å². The SMILES string of the molecule is CC/C=C/C=C/C=C\C=C/C=C/CCC(O)C(=O)NC(COC1OC(CO)C(O)C(O)C1OC(=O)CCCCCCCCCCCCCCCC)C(O)/C=C/CCCCCCCCCCC. The summed E-state index contributed by atoms with van der Waals surface area (Å²) in [6, 6.07) is -1.06. The summed E-state index contributed by atoms with van der Waals surface area (Å²) in [4.78, 5) is 26.3. The zero-order valence-corrected chi connectivity index (χ0v) is 41.5. The average molecular weight is 930 g/mol. The number of hydrogen-bond donors (Lipinski definition) is 6. The average Bonchev–Trinajstić information content (AvgIpc) is 3.31. The summed E-state index contributed by atoms with van der Waals surface area (Å²) < 4.78 is 17.5. The Morgan fingerprint density at radius 1 is 0.606 bits per heavy atom. The van der Waals surface area contributed by atoms with E-state index in [0.717, 1.165) is 51.4 Å². The molecule has 6 N–H and O–H groups in total. The predicted octanol–water partition coefficient (Wildman–Crippen LogP) is 10.9. The van der Waals surface area contributed by atoms with Crippen LogP contribution in [-0.4, -0.2) is 99.6 Å². The Morgan fingerprint density at radius 3 is 1.61 bits per heavy atom. The van der Waals surface area contributed by atoms with Crippen LogP contribution in [0.2, 0.25) is 0 Å². The van der Waals surface area contributed by atoms with Crippen molar-refractivity contribution in [1.82, 2.24) is 5.32 Å². The second kappa shape index (κ2) is 43.4. The first kappa shape index (κ1) is 61.1. The van der Waals surface area contributed by atoms with Crippen LogP contribution in [0.4, 0.5) is 0 Å². The summed E-state index contributed by atoms with van der Waals surface area (Å²) in [5.74, 6) is -1.28. The molecule has 0 aromatic heterocycles. The van der Waals surface area contributed by atoms with E-state index < -0.39 is 67.4 Å². The lowest BCUT2D eigenvalue weighted by molar-refractivity contribution is -0.305. The van der Waals surface area contributed by atoms with Gasteiger partial charge in [0.1, 0.15) is 24.4 Å². The highest BCUT2D eigenvalue weighted by Gasteiger charge is 2.47. The van der Waals surface area contributed by atoms with Crippen molar-refractivity contribution in [1.29, 1.82) is 0 Å². The van der Waals surface area contributed by atoms with Crippen molar-refractivity contribution >= 4 is 11.9 Å². The molecule has 0 bridgehead atoms. The van der Waals surface area contributed by atoms with Gasteiger partial charge in [-0.05, 0) is 38.5 Å². The van der Waals surface area contributed by atoms with Gasteiger partial charge in [0.2, 0.25) is 5.91 Å². The third kappa shape index (κ3) is 32.0. The largest absolute Gasteiger partial charge is 0.454 e. The fraction of sp³-hybridized carbons (Fsp3) is 0.745. The summed E-state index contributed by atoms with van der Waals surface area (Å²) in [5, 5.41) is 56.4. The molecule has 0 radical (unpaired) electrons. The van der Waals surface area contributed by atoms with Gasteiger partial charge in [0, 0.05) is 6.42 Å². The molecule has 66 heavy (non-hydrogen) atoms. The van der Waals surface area contributed by atoms with E-state index in [2.05, 4.69) is 32.2 Å². The lowest BCUT2D eigenvalue weighted by Crippen LogP contribution is -2.61. The van der Waals surface area contributed by atoms with Crippen molar-refractivity contribution in [3.05, 3.63) is 72.9 Å². The topological polar surface area (TPSA) is 175 Å². The molecule has 380 valence electrons. The molecule has 11 heteroatoms. The molecule has 0 aromatic carbocycles. The van der Waals surface area contributed by atoms with E-state index in [0.29, 0.717) is 12.8 Å². The van der Waals surface area contributed by atoms with Crippen LogP contribution in [0.5, 0.6) is 0 Å². The molecule has 1 fully saturated rings. The number of carbonyl (C=O) groups is 2. The van der Waals surface area contributed by atoms with E-state index in [4.69, 9.17) is 14.2 Å². The van der Waals surface area contributed by atoms with Crippen molar-refractivity contribution in [3.63, 3.8) is 0 Å². The molecular weight excluding hydrogens is 835 g/mol. The third-order valence-corrected chi connectivity index (χ3v) is 12.0. The van der Waals surface area contributed by atoms with E-state index >= 15 is 0 Å². The lowest BCUT2D eigenvalue weighted by atomic mass is 9.99. The summed E-state index contributed by atoms with van der Waals surface area (Å²) in [5.41, 5.74) is 0. The molecule has 1 aliphatic heterocycles. The molecule has 11 nitrogen and oxygen atoms in total. The van der Waals surface area contributed by atoms with Gasteiger partial charge < -0.3 is 45.1 Å². The molecule has 1 saturated heterocycles. The van der Waals surface area contributed by atoms with Gasteiger partial charge in [-0.15, -0.1) is 0 Å². The molecule has 0 aromatic rings. The second-order valence-corrected chi connectivity index (χ2v) is 18.0. The van der Waals surface area contributed by atoms with E-state index in [-0.39, 0.29) is 19.4 Å². The highest BCUT2D eigenvalue weighted by atomic mass is 16.7. The number of esters is 1. The fourth-order valence-corrected chi connectivity index (χ4v) is 7.80. The molecule has 8 atom stereocenters. The Labute approximate surface area is 400 Å². The molecule has 0 aliphatic carbocycles. The fourth-order valence-electron chi connectivity index (χ4n) is 7.80. The van der Waals surface area contributed by atoms with Crippen LogP contribution in [0, 0.1) is 0 Å². The van der Waals surface area contributed by atoms with E-state index in [1.807, 2.05) is 60.8 Å². The first-order valence-electron chi connectivity index (χ1n) is 26.3. The lowest BCUT2D eigenvalue weighted by Gasteiger charge is -2.41. The number of aliphatic hydroxyl groups is 5. The number of nitrogens with one attached hydrogen (secondary N) is 1. The minimum atomic E-state index is -1.62. The normalized spacial score (nSPS) is 20.8. The van der Waals surface area contributed by atoms with Crippen LogP contribution in [0.25, 0.3) is 0 Å². The molecule has 1 aliphatic rings. The zero-order valence-electron chi connectivity index (χ0n) is 41.5. The third-order valence-electron chi connectivity index (χ3n) is 12.0. The van der Waals surface area contributed by atoms with Gasteiger partial charge in [-0.25, -0.2) is 0 Å². The van der Waals surface area contributed by atoms with E-state index in [1.165, 1.54) is 103 Å². The Morgan fingerprint density at radius 2 is 1.09 bits per heavy atom. The Kier molecular flexibility index (Phi) is 40.2. The van der Waals surface area contributed by atoms with Crippen LogP contribution in [-0.2, 0) is 23.8 Å². The number of unbranched alkanes of at least 4 members (excludes halogenated alkanes) is 22. The summed E-state index contributed by atoms with van der Waals surface area (Å²) in [6.07, 6.45) is 42.6. The second-order valence-electron chi connectivity index (χ2n) is 18.0. The minimum absolute atomic E-state index is 0.115. The summed E-state index contributed by atoms with van der Waals surface area (Å²) in [7, 11) is 0. The maximum absolute atomic E-state index is 13.3. The monoisotopic (exact) mass is 930 g/mol. The zero-order chi connectivity index (χ0) is 48.3. The molecule has 8 unspecified atom stereocenters. The minimum Gasteiger partial charge on any atom is -0.454 e. The Hall–Kier alpha value is -2.90. The number of rotatable bonds is 42.